The molecule has 0 aliphatic heterocycles. The molecule has 0 aliphatic carbocycles. The van der Waals surface area contributed by atoms with Gasteiger partial charge in [-0.1, -0.05) is 23.5 Å². The van der Waals surface area contributed by atoms with Crippen LogP contribution in [0.4, 0.5) is 5.13 Å². The van der Waals surface area contributed by atoms with E-state index in [0.717, 1.165) is 5.01 Å². The molecule has 182 valence electrons. The summed E-state index contributed by atoms with van der Waals surface area (Å²) in [7, 11) is 4.35. The number of aryl methyl sites for hydroxylation is 2. The van der Waals surface area contributed by atoms with Crippen molar-refractivity contribution in [2.24, 2.45) is 7.05 Å². The summed E-state index contributed by atoms with van der Waals surface area (Å²) in [5.74, 6) is -0.816. The van der Waals surface area contributed by atoms with Gasteiger partial charge in [0.1, 0.15) is 16.3 Å². The molecule has 11 heteroatoms. The number of hydrogen-bond acceptors (Lipinski definition) is 10. The third-order valence-electron chi connectivity index (χ3n) is 5.67. The number of phenolic OH excluding ortho intramolecular Hbond substituents is 1. The number of methoxy groups -OCH3 is 2. The maximum absolute atomic E-state index is 13.5. The molecule has 0 amide bonds. The van der Waals surface area contributed by atoms with Gasteiger partial charge in [0.15, 0.2) is 17.3 Å². The highest BCUT2D eigenvalue weighted by molar-refractivity contribution is 7.15. The predicted octanol–water partition coefficient (Wildman–Crippen LogP) is 3.55. The van der Waals surface area contributed by atoms with Gasteiger partial charge in [0.05, 0.1) is 25.8 Å². The van der Waals surface area contributed by atoms with Crippen molar-refractivity contribution < 1.29 is 24.5 Å². The van der Waals surface area contributed by atoms with E-state index >= 15 is 0 Å². The SMILES string of the molecule is COc1cc([C@@H](CC(=O)c2c(O)c3ccccc3n(C)c2=O)Nc2nnc(C)s2)cc(OC)c1O. The number of Topliss-reactive ketones (excluding diaryl/α,β-unsaturated/α-hetero) is 1. The number of ether oxygens (including phenoxy) is 2. The highest BCUT2D eigenvalue weighted by Crippen LogP contribution is 2.40. The zero-order valence-electron chi connectivity index (χ0n) is 19.5. The first-order valence-electron chi connectivity index (χ1n) is 10.6. The fourth-order valence-electron chi connectivity index (χ4n) is 3.89. The predicted molar refractivity (Wildman–Crippen MR) is 132 cm³/mol. The largest absolute Gasteiger partial charge is 0.506 e. The lowest BCUT2D eigenvalue weighted by atomic mass is 9.96. The molecule has 1 atom stereocenters. The van der Waals surface area contributed by atoms with E-state index in [4.69, 9.17) is 9.47 Å². The molecule has 0 saturated heterocycles. The van der Waals surface area contributed by atoms with Gasteiger partial charge in [0.25, 0.3) is 5.56 Å². The lowest BCUT2D eigenvalue weighted by Crippen LogP contribution is -2.26. The van der Waals surface area contributed by atoms with Crippen LogP contribution in [0.1, 0.15) is 33.4 Å². The summed E-state index contributed by atoms with van der Waals surface area (Å²) in [5, 5.41) is 34.0. The van der Waals surface area contributed by atoms with E-state index in [0.29, 0.717) is 21.6 Å². The highest BCUT2D eigenvalue weighted by atomic mass is 32.1. The van der Waals surface area contributed by atoms with Crippen LogP contribution in [-0.2, 0) is 7.05 Å². The summed E-state index contributed by atoms with van der Waals surface area (Å²) in [6, 6.07) is 9.23. The number of ketones is 1. The van der Waals surface area contributed by atoms with Crippen molar-refractivity contribution in [1.82, 2.24) is 14.8 Å². The standard InChI is InChI=1S/C24H24N4O6S/c1-12-26-27-24(35-12)25-15(13-9-18(33-3)22(31)19(10-13)34-4)11-17(29)20-21(30)14-7-5-6-8-16(14)28(2)23(20)32/h5-10,15,30-31H,11H2,1-4H3,(H,25,27)/t15-/m1/s1. The van der Waals surface area contributed by atoms with Crippen molar-refractivity contribution >= 4 is 33.2 Å². The van der Waals surface area contributed by atoms with Gasteiger partial charge in [0, 0.05) is 18.9 Å². The third kappa shape index (κ3) is 4.50. The van der Waals surface area contributed by atoms with Crippen LogP contribution in [0.5, 0.6) is 23.0 Å². The number of phenols is 1. The number of benzene rings is 2. The van der Waals surface area contributed by atoms with Crippen LogP contribution in [0.3, 0.4) is 0 Å². The Morgan fingerprint density at radius 1 is 1.11 bits per heavy atom. The monoisotopic (exact) mass is 496 g/mol. The Hall–Kier alpha value is -4.12. The number of carbonyl (C=O) groups excluding carboxylic acids is 1. The van der Waals surface area contributed by atoms with Crippen molar-refractivity contribution in [2.45, 2.75) is 19.4 Å². The first kappa shape index (κ1) is 24.0. The molecule has 0 bridgehead atoms. The van der Waals surface area contributed by atoms with E-state index in [2.05, 4.69) is 15.5 Å². The second-order valence-corrected chi connectivity index (χ2v) is 9.01. The Bertz CT molecular complexity index is 1450. The van der Waals surface area contributed by atoms with Crippen molar-refractivity contribution in [2.75, 3.05) is 19.5 Å². The number of aromatic nitrogens is 3. The number of aromatic hydroxyl groups is 2. The lowest BCUT2D eigenvalue weighted by Gasteiger charge is -2.20. The van der Waals surface area contributed by atoms with Crippen molar-refractivity contribution in [3.8, 4) is 23.0 Å². The van der Waals surface area contributed by atoms with E-state index in [1.165, 1.54) is 30.1 Å². The van der Waals surface area contributed by atoms with E-state index in [1.54, 1.807) is 50.4 Å². The molecule has 10 nitrogen and oxygen atoms in total. The number of nitrogens with zero attached hydrogens (tertiary/aromatic N) is 3. The van der Waals surface area contributed by atoms with Gasteiger partial charge in [-0.2, -0.15) is 0 Å². The molecule has 0 radical (unpaired) electrons. The Balaban J connectivity index is 1.80. The number of fused-ring (bicyclic) bond motifs is 1. The maximum Gasteiger partial charge on any atom is 0.265 e. The van der Waals surface area contributed by atoms with Gasteiger partial charge in [0.2, 0.25) is 10.9 Å². The maximum atomic E-state index is 13.5. The molecule has 4 rings (SSSR count). The van der Waals surface area contributed by atoms with E-state index in [9.17, 15) is 19.8 Å². The summed E-state index contributed by atoms with van der Waals surface area (Å²) >= 11 is 1.30. The second kappa shape index (κ2) is 9.63. The van der Waals surface area contributed by atoms with Crippen LogP contribution in [0.15, 0.2) is 41.2 Å². The number of carbonyl (C=O) groups is 1. The van der Waals surface area contributed by atoms with Crippen molar-refractivity contribution in [1.29, 1.82) is 0 Å². The zero-order valence-corrected chi connectivity index (χ0v) is 20.3. The quantitative estimate of drug-likeness (QED) is 0.313. The summed E-state index contributed by atoms with van der Waals surface area (Å²) < 4.78 is 11.9. The Labute approximate surface area is 204 Å². The fourth-order valence-corrected chi connectivity index (χ4v) is 4.53. The van der Waals surface area contributed by atoms with Crippen molar-refractivity contribution in [3.63, 3.8) is 0 Å². The van der Waals surface area contributed by atoms with Crippen LogP contribution >= 0.6 is 11.3 Å². The van der Waals surface area contributed by atoms with Gasteiger partial charge in [-0.15, -0.1) is 10.2 Å². The molecule has 0 saturated carbocycles. The highest BCUT2D eigenvalue weighted by Gasteiger charge is 2.27. The van der Waals surface area contributed by atoms with E-state index < -0.39 is 17.4 Å². The van der Waals surface area contributed by atoms with Crippen molar-refractivity contribution in [3.05, 3.63) is 62.9 Å². The number of anilines is 1. The van der Waals surface area contributed by atoms with Gasteiger partial charge in [-0.25, -0.2) is 0 Å². The van der Waals surface area contributed by atoms with Crippen LogP contribution < -0.4 is 20.3 Å². The molecular weight excluding hydrogens is 472 g/mol. The Morgan fingerprint density at radius 3 is 2.37 bits per heavy atom. The van der Waals surface area contributed by atoms with Crippen LogP contribution in [0.2, 0.25) is 0 Å². The molecule has 35 heavy (non-hydrogen) atoms. The zero-order chi connectivity index (χ0) is 25.3. The average molecular weight is 497 g/mol. The number of hydrogen-bond donors (Lipinski definition) is 3. The van der Waals surface area contributed by atoms with Crippen LogP contribution in [-0.4, -0.2) is 45.0 Å². The molecule has 2 aromatic heterocycles. The Morgan fingerprint density at radius 2 is 1.77 bits per heavy atom. The van der Waals surface area contributed by atoms with Gasteiger partial charge in [-0.3, -0.25) is 9.59 Å². The van der Waals surface area contributed by atoms with Crippen LogP contribution in [0.25, 0.3) is 10.9 Å². The average Bonchev–Trinajstić information content (AvgIpc) is 3.27. The molecular formula is C24H24N4O6S. The topological polar surface area (TPSA) is 136 Å². The van der Waals surface area contributed by atoms with Gasteiger partial charge >= 0.3 is 0 Å². The fraction of sp³-hybridized carbons (Fsp3) is 0.250. The minimum absolute atomic E-state index is 0.150. The normalized spacial score (nSPS) is 11.9. The summed E-state index contributed by atoms with van der Waals surface area (Å²) in [6.45, 7) is 1.80. The van der Waals surface area contributed by atoms with E-state index in [-0.39, 0.29) is 35.0 Å². The minimum atomic E-state index is -0.714. The molecule has 3 N–H and O–H groups in total. The van der Waals surface area contributed by atoms with Gasteiger partial charge in [-0.05, 0) is 36.8 Å². The van der Waals surface area contributed by atoms with Gasteiger partial charge < -0.3 is 29.6 Å². The molecule has 0 aliphatic rings. The summed E-state index contributed by atoms with van der Waals surface area (Å²) in [6.07, 6.45) is -0.211. The summed E-state index contributed by atoms with van der Waals surface area (Å²) in [5.41, 5.74) is 0.148. The first-order chi connectivity index (χ1) is 16.7. The van der Waals surface area contributed by atoms with Crippen LogP contribution in [0, 0.1) is 6.92 Å². The molecule has 2 aromatic carbocycles. The first-order valence-corrected chi connectivity index (χ1v) is 11.4. The number of rotatable bonds is 8. The molecule has 0 fully saturated rings. The number of nitrogens with one attached hydrogen (secondary N) is 1. The molecule has 0 spiro atoms. The smallest absolute Gasteiger partial charge is 0.265 e. The molecule has 0 unspecified atom stereocenters. The van der Waals surface area contributed by atoms with E-state index in [1.807, 2.05) is 0 Å². The minimum Gasteiger partial charge on any atom is -0.506 e. The number of para-hydroxylation sites is 1. The number of pyridine rings is 1. The lowest BCUT2D eigenvalue weighted by molar-refractivity contribution is 0.0972. The molecule has 4 aromatic rings. The second-order valence-electron chi connectivity index (χ2n) is 7.83. The Kier molecular flexibility index (Phi) is 6.61. The molecule has 2 heterocycles. The summed E-state index contributed by atoms with van der Waals surface area (Å²) in [4.78, 5) is 26.5. The third-order valence-corrected chi connectivity index (χ3v) is 6.44.